The van der Waals surface area contributed by atoms with Gasteiger partial charge in [0.1, 0.15) is 12.1 Å². The topological polar surface area (TPSA) is 116 Å². The van der Waals surface area contributed by atoms with Crippen LogP contribution in [0.25, 0.3) is 10.8 Å². The Hall–Kier alpha value is -4.67. The lowest BCUT2D eigenvalue weighted by Gasteiger charge is -2.35. The van der Waals surface area contributed by atoms with E-state index in [1.807, 2.05) is 48.5 Å². The minimum atomic E-state index is -1.15. The molecule has 0 saturated carbocycles. The molecule has 0 aliphatic carbocycles. The fraction of sp³-hybridized carbons (Fsp3) is 0.324. The second kappa shape index (κ2) is 15.3. The number of hydrogen-bond donors (Lipinski definition) is 3. The van der Waals surface area contributed by atoms with Crippen molar-refractivity contribution in [1.29, 1.82) is 0 Å². The zero-order chi connectivity index (χ0) is 34.3. The fourth-order valence-corrected chi connectivity index (χ4v) is 5.34. The van der Waals surface area contributed by atoms with Gasteiger partial charge in [-0.15, -0.1) is 0 Å². The van der Waals surface area contributed by atoms with E-state index in [1.165, 1.54) is 22.9 Å². The predicted molar refractivity (Wildman–Crippen MR) is 178 cm³/mol. The zero-order valence-corrected chi connectivity index (χ0v) is 27.2. The molecule has 0 aliphatic rings. The average molecular weight is 645 g/mol. The molecule has 10 heteroatoms. The Morgan fingerprint density at radius 3 is 2.13 bits per heavy atom. The highest BCUT2D eigenvalue weighted by molar-refractivity contribution is 5.98. The van der Waals surface area contributed by atoms with Crippen LogP contribution in [-0.2, 0) is 29.0 Å². The molecular formula is C37H42F2N4O4. The monoisotopic (exact) mass is 644 g/mol. The van der Waals surface area contributed by atoms with Crippen LogP contribution in [0.3, 0.4) is 0 Å². The van der Waals surface area contributed by atoms with Crippen molar-refractivity contribution in [3.05, 3.63) is 119 Å². The van der Waals surface area contributed by atoms with E-state index in [1.54, 1.807) is 39.1 Å². The van der Waals surface area contributed by atoms with Gasteiger partial charge in [0, 0.05) is 57.6 Å². The van der Waals surface area contributed by atoms with E-state index in [0.29, 0.717) is 11.1 Å². The Morgan fingerprint density at radius 1 is 0.787 bits per heavy atom. The molecule has 0 bridgehead atoms. The van der Waals surface area contributed by atoms with Crippen molar-refractivity contribution in [2.24, 2.45) is 11.1 Å². The summed E-state index contributed by atoms with van der Waals surface area (Å²) in [6, 6.07) is 21.6. The first-order valence-corrected chi connectivity index (χ1v) is 15.5. The maximum absolute atomic E-state index is 14.5. The van der Waals surface area contributed by atoms with Gasteiger partial charge < -0.3 is 26.0 Å². The standard InChI is InChI=1S/C37H42F2N4O4/c1-37(2,23-44)22-41-34(45)32(19-25-13-15-30(38)31(39)18-25)42(3)36(47)33(20-24-12-14-27-9-5-6-10-28(27)16-24)43(4)35(46)29-11-7-8-26(17-29)21-40/h5-18,32-33,44H,19-23,40H2,1-4H3,(H,41,45)/t32-,33-/m1/s1. The molecule has 0 heterocycles. The predicted octanol–water partition coefficient (Wildman–Crippen LogP) is 4.46. The Kier molecular flexibility index (Phi) is 11.4. The number of nitrogens with two attached hydrogens (primary N) is 1. The SMILES string of the molecule is CN(C(=O)c1cccc(CN)c1)[C@H](Cc1ccc2ccccc2c1)C(=O)N(C)[C@H](Cc1ccc(F)c(F)c1)C(=O)NCC(C)(C)CO. The number of nitrogens with one attached hydrogen (secondary N) is 1. The van der Waals surface area contributed by atoms with Gasteiger partial charge >= 0.3 is 0 Å². The van der Waals surface area contributed by atoms with Crippen LogP contribution < -0.4 is 11.1 Å². The molecule has 0 saturated heterocycles. The number of carbonyl (C=O) groups is 3. The molecule has 0 fully saturated rings. The van der Waals surface area contributed by atoms with Crippen molar-refractivity contribution < 1.29 is 28.3 Å². The molecule has 4 aromatic carbocycles. The van der Waals surface area contributed by atoms with Crippen LogP contribution in [0.15, 0.2) is 84.9 Å². The lowest BCUT2D eigenvalue weighted by Crippen LogP contribution is -2.56. The summed E-state index contributed by atoms with van der Waals surface area (Å²) in [6.45, 7) is 3.69. The second-order valence-corrected chi connectivity index (χ2v) is 12.7. The van der Waals surface area contributed by atoms with E-state index >= 15 is 0 Å². The first kappa shape index (κ1) is 35.2. The number of hydrogen-bond acceptors (Lipinski definition) is 5. The summed E-state index contributed by atoms with van der Waals surface area (Å²) in [7, 11) is 3.01. The summed E-state index contributed by atoms with van der Waals surface area (Å²) >= 11 is 0. The van der Waals surface area contributed by atoms with Gasteiger partial charge in [0.2, 0.25) is 11.8 Å². The summed E-state index contributed by atoms with van der Waals surface area (Å²) in [5.74, 6) is -3.57. The lowest BCUT2D eigenvalue weighted by molar-refractivity contribution is -0.142. The number of likely N-dealkylation sites (N-methyl/N-ethyl adjacent to an activating group) is 2. The number of carbonyl (C=O) groups excluding carboxylic acids is 3. The van der Waals surface area contributed by atoms with E-state index in [9.17, 15) is 28.3 Å². The molecule has 47 heavy (non-hydrogen) atoms. The third-order valence-corrected chi connectivity index (χ3v) is 8.43. The van der Waals surface area contributed by atoms with E-state index in [4.69, 9.17) is 5.73 Å². The van der Waals surface area contributed by atoms with Gasteiger partial charge in [-0.05, 0) is 51.7 Å². The highest BCUT2D eigenvalue weighted by atomic mass is 19.2. The summed E-state index contributed by atoms with van der Waals surface area (Å²) in [6.07, 6.45) is 0.0214. The molecule has 3 amide bonds. The smallest absolute Gasteiger partial charge is 0.254 e. The molecule has 0 spiro atoms. The molecule has 0 radical (unpaired) electrons. The molecule has 0 unspecified atom stereocenters. The van der Waals surface area contributed by atoms with Crippen molar-refractivity contribution in [2.75, 3.05) is 27.2 Å². The van der Waals surface area contributed by atoms with Crippen molar-refractivity contribution in [1.82, 2.24) is 15.1 Å². The number of fused-ring (bicyclic) bond motifs is 1. The molecule has 4 N–H and O–H groups in total. The minimum Gasteiger partial charge on any atom is -0.396 e. The van der Waals surface area contributed by atoms with E-state index in [2.05, 4.69) is 5.32 Å². The van der Waals surface area contributed by atoms with Crippen LogP contribution in [0.2, 0.25) is 0 Å². The van der Waals surface area contributed by atoms with Crippen molar-refractivity contribution in [3.8, 4) is 0 Å². The molecule has 4 aromatic rings. The van der Waals surface area contributed by atoms with E-state index in [0.717, 1.165) is 34.0 Å². The molecule has 0 aliphatic heterocycles. The Labute approximate surface area is 274 Å². The zero-order valence-electron chi connectivity index (χ0n) is 27.2. The van der Waals surface area contributed by atoms with E-state index in [-0.39, 0.29) is 32.5 Å². The number of benzene rings is 4. The van der Waals surface area contributed by atoms with Gasteiger partial charge in [0.15, 0.2) is 11.6 Å². The van der Waals surface area contributed by atoms with E-state index < -0.39 is 46.9 Å². The first-order valence-electron chi connectivity index (χ1n) is 15.5. The van der Waals surface area contributed by atoms with Crippen LogP contribution >= 0.6 is 0 Å². The normalized spacial score (nSPS) is 12.8. The quantitative estimate of drug-likeness (QED) is 0.199. The van der Waals surface area contributed by atoms with Crippen LogP contribution in [0.5, 0.6) is 0 Å². The summed E-state index contributed by atoms with van der Waals surface area (Å²) in [5, 5.41) is 14.5. The van der Waals surface area contributed by atoms with Crippen molar-refractivity contribution in [2.45, 2.75) is 45.3 Å². The highest BCUT2D eigenvalue weighted by Crippen LogP contribution is 2.22. The second-order valence-electron chi connectivity index (χ2n) is 12.7. The third kappa shape index (κ3) is 8.78. The molecular weight excluding hydrogens is 602 g/mol. The van der Waals surface area contributed by atoms with Crippen LogP contribution in [0.4, 0.5) is 8.78 Å². The number of nitrogens with zero attached hydrogens (tertiary/aromatic N) is 2. The van der Waals surface area contributed by atoms with Crippen LogP contribution in [0.1, 0.15) is 40.9 Å². The van der Waals surface area contributed by atoms with Gasteiger partial charge in [0.25, 0.3) is 5.91 Å². The molecule has 248 valence electrons. The molecule has 8 nitrogen and oxygen atoms in total. The summed E-state index contributed by atoms with van der Waals surface area (Å²) in [5.41, 5.74) is 7.39. The van der Waals surface area contributed by atoms with Gasteiger partial charge in [0.05, 0.1) is 0 Å². The Balaban J connectivity index is 1.72. The number of halogens is 2. The van der Waals surface area contributed by atoms with Crippen molar-refractivity contribution in [3.63, 3.8) is 0 Å². The third-order valence-electron chi connectivity index (χ3n) is 8.43. The largest absolute Gasteiger partial charge is 0.396 e. The number of rotatable bonds is 13. The summed E-state index contributed by atoms with van der Waals surface area (Å²) < 4.78 is 27.9. The fourth-order valence-electron chi connectivity index (χ4n) is 5.34. The van der Waals surface area contributed by atoms with Gasteiger partial charge in [-0.1, -0.05) is 74.5 Å². The highest BCUT2D eigenvalue weighted by Gasteiger charge is 2.36. The average Bonchev–Trinajstić information content (AvgIpc) is 3.08. The number of amides is 3. The number of aliphatic hydroxyl groups excluding tert-OH is 1. The van der Waals surface area contributed by atoms with Crippen LogP contribution in [-0.4, -0.2) is 72.0 Å². The summed E-state index contributed by atoms with van der Waals surface area (Å²) in [4.78, 5) is 44.6. The molecule has 0 aromatic heterocycles. The first-order chi connectivity index (χ1) is 22.3. The van der Waals surface area contributed by atoms with Crippen molar-refractivity contribution >= 4 is 28.5 Å². The molecule has 4 rings (SSSR count). The van der Waals surface area contributed by atoms with Gasteiger partial charge in [-0.2, -0.15) is 0 Å². The maximum atomic E-state index is 14.5. The number of aliphatic hydroxyl groups is 1. The van der Waals surface area contributed by atoms with Crippen LogP contribution in [0, 0.1) is 17.0 Å². The van der Waals surface area contributed by atoms with Gasteiger partial charge in [-0.3, -0.25) is 14.4 Å². The maximum Gasteiger partial charge on any atom is 0.254 e. The van der Waals surface area contributed by atoms with Gasteiger partial charge in [-0.25, -0.2) is 8.78 Å². The Bertz CT molecular complexity index is 1740. The lowest BCUT2D eigenvalue weighted by atomic mass is 9.94. The Morgan fingerprint density at radius 2 is 1.45 bits per heavy atom. The molecule has 2 atom stereocenters. The minimum absolute atomic E-state index is 0.106.